The van der Waals surface area contributed by atoms with Crippen molar-refractivity contribution < 1.29 is 4.79 Å². The van der Waals surface area contributed by atoms with Gasteiger partial charge in [0, 0.05) is 12.6 Å². The molecule has 3 nitrogen and oxygen atoms in total. The summed E-state index contributed by atoms with van der Waals surface area (Å²) in [6.45, 7) is 9.64. The van der Waals surface area contributed by atoms with Crippen LogP contribution in [0.5, 0.6) is 0 Å². The SMILES string of the molecule is CCCCCNC(=O)C(C)NC1CCC(C)C(C)C1. The molecule has 1 fully saturated rings. The predicted octanol–water partition coefficient (Wildman–Crippen LogP) is 3.10. The van der Waals surface area contributed by atoms with Gasteiger partial charge in [-0.2, -0.15) is 0 Å². The topological polar surface area (TPSA) is 41.1 Å². The van der Waals surface area contributed by atoms with E-state index in [1.54, 1.807) is 0 Å². The summed E-state index contributed by atoms with van der Waals surface area (Å²) in [5.74, 6) is 1.75. The summed E-state index contributed by atoms with van der Waals surface area (Å²) in [5, 5.41) is 6.52. The van der Waals surface area contributed by atoms with E-state index in [9.17, 15) is 4.79 Å². The number of carbonyl (C=O) groups is 1. The van der Waals surface area contributed by atoms with Gasteiger partial charge in [-0.3, -0.25) is 4.79 Å². The van der Waals surface area contributed by atoms with Crippen molar-refractivity contribution in [3.05, 3.63) is 0 Å². The van der Waals surface area contributed by atoms with Crippen LogP contribution >= 0.6 is 0 Å². The molecule has 0 aromatic heterocycles. The summed E-state index contributed by atoms with van der Waals surface area (Å²) in [4.78, 5) is 12.0. The van der Waals surface area contributed by atoms with Crippen molar-refractivity contribution in [2.75, 3.05) is 6.54 Å². The Morgan fingerprint density at radius 1 is 1.21 bits per heavy atom. The van der Waals surface area contributed by atoms with Crippen molar-refractivity contribution in [1.29, 1.82) is 0 Å². The summed E-state index contributed by atoms with van der Waals surface area (Å²) in [6.07, 6.45) is 7.17. The maximum atomic E-state index is 12.0. The van der Waals surface area contributed by atoms with E-state index in [-0.39, 0.29) is 11.9 Å². The average Bonchev–Trinajstić information content (AvgIpc) is 2.38. The molecule has 0 bridgehead atoms. The van der Waals surface area contributed by atoms with Crippen LogP contribution in [0, 0.1) is 11.8 Å². The molecule has 0 aliphatic heterocycles. The third-order valence-electron chi connectivity index (χ3n) is 4.56. The van der Waals surface area contributed by atoms with Crippen LogP contribution in [0.4, 0.5) is 0 Å². The number of amides is 1. The fourth-order valence-corrected chi connectivity index (χ4v) is 2.87. The molecule has 4 unspecified atom stereocenters. The van der Waals surface area contributed by atoms with Gasteiger partial charge in [0.1, 0.15) is 0 Å². The lowest BCUT2D eigenvalue weighted by atomic mass is 9.79. The molecule has 4 atom stereocenters. The number of nitrogens with one attached hydrogen (secondary N) is 2. The monoisotopic (exact) mass is 268 g/mol. The minimum atomic E-state index is -0.0627. The van der Waals surface area contributed by atoms with Crippen LogP contribution in [0.3, 0.4) is 0 Å². The van der Waals surface area contributed by atoms with E-state index in [2.05, 4.69) is 31.4 Å². The Hall–Kier alpha value is -0.570. The second-order valence-corrected chi connectivity index (χ2v) is 6.35. The highest BCUT2D eigenvalue weighted by Gasteiger charge is 2.26. The Kier molecular flexibility index (Phi) is 7.44. The molecule has 0 aromatic rings. The van der Waals surface area contributed by atoms with Gasteiger partial charge in [0.25, 0.3) is 0 Å². The van der Waals surface area contributed by atoms with Gasteiger partial charge in [0.2, 0.25) is 5.91 Å². The summed E-state index contributed by atoms with van der Waals surface area (Å²) in [6, 6.07) is 0.454. The third kappa shape index (κ3) is 5.94. The van der Waals surface area contributed by atoms with Crippen LogP contribution in [0.15, 0.2) is 0 Å². The average molecular weight is 268 g/mol. The standard InChI is InChI=1S/C16H32N2O/c1-5-6-7-10-17-16(19)14(4)18-15-9-8-12(2)13(3)11-15/h12-15,18H,5-11H2,1-4H3,(H,17,19). The molecule has 1 aliphatic rings. The van der Waals surface area contributed by atoms with Gasteiger partial charge in [-0.05, 0) is 44.4 Å². The van der Waals surface area contributed by atoms with Gasteiger partial charge in [0.15, 0.2) is 0 Å². The fourth-order valence-electron chi connectivity index (χ4n) is 2.87. The van der Waals surface area contributed by atoms with Crippen LogP contribution in [-0.2, 0) is 4.79 Å². The zero-order chi connectivity index (χ0) is 14.3. The first-order valence-corrected chi connectivity index (χ1v) is 8.08. The molecule has 0 aromatic carbocycles. The zero-order valence-electron chi connectivity index (χ0n) is 13.2. The van der Waals surface area contributed by atoms with E-state index in [1.807, 2.05) is 6.92 Å². The Balaban J connectivity index is 2.22. The predicted molar refractivity (Wildman–Crippen MR) is 81.1 cm³/mol. The van der Waals surface area contributed by atoms with Gasteiger partial charge in [-0.15, -0.1) is 0 Å². The molecule has 0 spiro atoms. The highest BCUT2D eigenvalue weighted by Crippen LogP contribution is 2.29. The van der Waals surface area contributed by atoms with Gasteiger partial charge >= 0.3 is 0 Å². The molecule has 112 valence electrons. The van der Waals surface area contributed by atoms with Gasteiger partial charge in [0.05, 0.1) is 6.04 Å². The number of hydrogen-bond donors (Lipinski definition) is 2. The van der Waals surface area contributed by atoms with Crippen LogP contribution in [0.25, 0.3) is 0 Å². The van der Waals surface area contributed by atoms with Crippen molar-refractivity contribution in [1.82, 2.24) is 10.6 Å². The van der Waals surface area contributed by atoms with E-state index in [4.69, 9.17) is 0 Å². The summed E-state index contributed by atoms with van der Waals surface area (Å²) in [7, 11) is 0. The van der Waals surface area contributed by atoms with E-state index in [0.29, 0.717) is 6.04 Å². The quantitative estimate of drug-likeness (QED) is 0.697. The van der Waals surface area contributed by atoms with Crippen molar-refractivity contribution in [2.24, 2.45) is 11.8 Å². The molecule has 1 aliphatic carbocycles. The largest absolute Gasteiger partial charge is 0.355 e. The molecule has 0 radical (unpaired) electrons. The molecular weight excluding hydrogens is 236 g/mol. The fraction of sp³-hybridized carbons (Fsp3) is 0.938. The van der Waals surface area contributed by atoms with Crippen LogP contribution in [-0.4, -0.2) is 24.5 Å². The molecule has 2 N–H and O–H groups in total. The summed E-state index contributed by atoms with van der Waals surface area (Å²) in [5.41, 5.74) is 0. The van der Waals surface area contributed by atoms with Gasteiger partial charge in [-0.25, -0.2) is 0 Å². The lowest BCUT2D eigenvalue weighted by Gasteiger charge is -2.34. The molecule has 1 amide bonds. The molecule has 19 heavy (non-hydrogen) atoms. The van der Waals surface area contributed by atoms with Crippen molar-refractivity contribution in [3.8, 4) is 0 Å². The van der Waals surface area contributed by atoms with E-state index in [1.165, 1.54) is 32.1 Å². The van der Waals surface area contributed by atoms with Crippen LogP contribution in [0.1, 0.15) is 66.2 Å². The first-order chi connectivity index (χ1) is 9.04. The molecular formula is C16H32N2O. The Labute approximate surface area is 118 Å². The number of carbonyl (C=O) groups excluding carboxylic acids is 1. The molecule has 1 saturated carbocycles. The van der Waals surface area contributed by atoms with Gasteiger partial charge < -0.3 is 10.6 Å². The van der Waals surface area contributed by atoms with E-state index in [0.717, 1.165) is 24.8 Å². The highest BCUT2D eigenvalue weighted by molar-refractivity contribution is 5.81. The van der Waals surface area contributed by atoms with Crippen LogP contribution < -0.4 is 10.6 Å². The minimum Gasteiger partial charge on any atom is -0.355 e. The molecule has 0 saturated heterocycles. The molecule has 0 heterocycles. The molecule has 3 heteroatoms. The normalized spacial score (nSPS) is 28.9. The zero-order valence-corrected chi connectivity index (χ0v) is 13.2. The Morgan fingerprint density at radius 2 is 1.95 bits per heavy atom. The minimum absolute atomic E-state index is 0.0627. The van der Waals surface area contributed by atoms with Gasteiger partial charge in [-0.1, -0.05) is 33.6 Å². The van der Waals surface area contributed by atoms with E-state index < -0.39 is 0 Å². The lowest BCUT2D eigenvalue weighted by Crippen LogP contribution is -2.48. The summed E-state index contributed by atoms with van der Waals surface area (Å²) < 4.78 is 0. The first kappa shape index (κ1) is 16.5. The summed E-state index contributed by atoms with van der Waals surface area (Å²) >= 11 is 0. The van der Waals surface area contributed by atoms with Crippen LogP contribution in [0.2, 0.25) is 0 Å². The molecule has 1 rings (SSSR count). The maximum Gasteiger partial charge on any atom is 0.236 e. The Morgan fingerprint density at radius 3 is 2.58 bits per heavy atom. The van der Waals surface area contributed by atoms with Crippen molar-refractivity contribution in [2.45, 2.75) is 78.3 Å². The number of unbranched alkanes of at least 4 members (excludes halogenated alkanes) is 2. The smallest absolute Gasteiger partial charge is 0.236 e. The lowest BCUT2D eigenvalue weighted by molar-refractivity contribution is -0.123. The second kappa shape index (κ2) is 8.57. The van der Waals surface area contributed by atoms with E-state index >= 15 is 0 Å². The van der Waals surface area contributed by atoms with Crippen molar-refractivity contribution >= 4 is 5.91 Å². The Bertz CT molecular complexity index is 267. The van der Waals surface area contributed by atoms with Crippen molar-refractivity contribution in [3.63, 3.8) is 0 Å². The highest BCUT2D eigenvalue weighted by atomic mass is 16.2. The number of rotatable bonds is 7. The maximum absolute atomic E-state index is 12.0. The first-order valence-electron chi connectivity index (χ1n) is 8.08. The number of hydrogen-bond acceptors (Lipinski definition) is 2. The third-order valence-corrected chi connectivity index (χ3v) is 4.56. The second-order valence-electron chi connectivity index (χ2n) is 6.35.